The molecule has 3 heteroatoms. The van der Waals surface area contributed by atoms with Crippen molar-refractivity contribution in [2.24, 2.45) is 5.92 Å². The molecule has 3 rings (SSSR count). The van der Waals surface area contributed by atoms with Crippen LogP contribution in [0.3, 0.4) is 0 Å². The molecular weight excluding hydrogens is 203 g/mol. The van der Waals surface area contributed by atoms with Crippen molar-refractivity contribution in [3.8, 4) is 0 Å². The number of anilines is 1. The van der Waals surface area contributed by atoms with Crippen LogP contribution in [-0.2, 0) is 6.42 Å². The maximum atomic E-state index is 13.8. The summed E-state index contributed by atoms with van der Waals surface area (Å²) in [4.78, 5) is 2.15. The average molecular weight is 220 g/mol. The van der Waals surface area contributed by atoms with Crippen LogP contribution in [-0.4, -0.2) is 26.2 Å². The van der Waals surface area contributed by atoms with Gasteiger partial charge in [-0.05, 0) is 36.9 Å². The predicted octanol–water partition coefficient (Wildman–Crippen LogP) is 1.80. The summed E-state index contributed by atoms with van der Waals surface area (Å²) in [5.41, 5.74) is 1.98. The van der Waals surface area contributed by atoms with E-state index in [-0.39, 0.29) is 5.82 Å². The van der Waals surface area contributed by atoms with Gasteiger partial charge in [-0.3, -0.25) is 0 Å². The van der Waals surface area contributed by atoms with E-state index < -0.39 is 0 Å². The van der Waals surface area contributed by atoms with Crippen LogP contribution in [0.5, 0.6) is 0 Å². The number of piperidine rings is 1. The Balaban J connectivity index is 2.03. The molecule has 16 heavy (non-hydrogen) atoms. The lowest BCUT2D eigenvalue weighted by Crippen LogP contribution is -2.52. The van der Waals surface area contributed by atoms with Crippen LogP contribution in [0.1, 0.15) is 12.0 Å². The smallest absolute Gasteiger partial charge is 0.146 e. The molecule has 1 saturated heterocycles. The number of nitrogens with one attached hydrogen (secondary N) is 1. The van der Waals surface area contributed by atoms with Crippen LogP contribution in [0.4, 0.5) is 10.1 Å². The first-order chi connectivity index (χ1) is 7.77. The zero-order valence-corrected chi connectivity index (χ0v) is 9.54. The van der Waals surface area contributed by atoms with Crippen molar-refractivity contribution in [2.75, 3.05) is 25.0 Å². The van der Waals surface area contributed by atoms with Crippen molar-refractivity contribution < 1.29 is 4.39 Å². The molecule has 0 amide bonds. The molecule has 1 N–H and O–H groups in total. The summed E-state index contributed by atoms with van der Waals surface area (Å²) in [5.74, 6) is 0.560. The summed E-state index contributed by atoms with van der Waals surface area (Å²) in [6, 6.07) is 5.94. The quantitative estimate of drug-likeness (QED) is 0.717. The van der Waals surface area contributed by atoms with Crippen LogP contribution < -0.4 is 10.2 Å². The molecule has 2 nitrogen and oxygen atoms in total. The second-order valence-electron chi connectivity index (χ2n) is 4.88. The van der Waals surface area contributed by atoms with Gasteiger partial charge in [0, 0.05) is 19.6 Å². The lowest BCUT2D eigenvalue weighted by molar-refractivity contribution is 0.302. The van der Waals surface area contributed by atoms with Crippen molar-refractivity contribution in [3.63, 3.8) is 0 Å². The second-order valence-corrected chi connectivity index (χ2v) is 4.88. The molecule has 1 aromatic carbocycles. The maximum absolute atomic E-state index is 13.8. The molecule has 0 radical (unpaired) electrons. The number of para-hydroxylation sites is 1. The summed E-state index contributed by atoms with van der Waals surface area (Å²) in [6.07, 6.45) is 2.13. The second kappa shape index (κ2) is 3.74. The van der Waals surface area contributed by atoms with Crippen molar-refractivity contribution in [2.45, 2.75) is 18.9 Å². The van der Waals surface area contributed by atoms with Crippen LogP contribution in [0, 0.1) is 11.7 Å². The Morgan fingerprint density at radius 3 is 3.19 bits per heavy atom. The van der Waals surface area contributed by atoms with E-state index in [1.807, 2.05) is 13.1 Å². The molecule has 2 atom stereocenters. The Labute approximate surface area is 95.4 Å². The largest absolute Gasteiger partial charge is 0.369 e. The maximum Gasteiger partial charge on any atom is 0.146 e. The molecule has 2 aliphatic heterocycles. The van der Waals surface area contributed by atoms with E-state index >= 15 is 0 Å². The molecule has 1 aromatic rings. The van der Waals surface area contributed by atoms with Gasteiger partial charge in [0.25, 0.3) is 0 Å². The average Bonchev–Trinajstić information content (AvgIpc) is 2.29. The van der Waals surface area contributed by atoms with Crippen molar-refractivity contribution in [3.05, 3.63) is 29.6 Å². The highest BCUT2D eigenvalue weighted by molar-refractivity contribution is 5.57. The fourth-order valence-electron chi connectivity index (χ4n) is 3.20. The first-order valence-electron chi connectivity index (χ1n) is 5.98. The molecule has 0 spiro atoms. The first kappa shape index (κ1) is 10.1. The number of hydrogen-bond donors (Lipinski definition) is 1. The van der Waals surface area contributed by atoms with E-state index in [0.717, 1.165) is 37.2 Å². The number of nitrogens with zero attached hydrogens (tertiary/aromatic N) is 1. The van der Waals surface area contributed by atoms with E-state index in [9.17, 15) is 4.39 Å². The third-order valence-electron chi connectivity index (χ3n) is 3.97. The fourth-order valence-corrected chi connectivity index (χ4v) is 3.20. The Morgan fingerprint density at radius 2 is 2.31 bits per heavy atom. The van der Waals surface area contributed by atoms with E-state index in [4.69, 9.17) is 0 Å². The van der Waals surface area contributed by atoms with Crippen LogP contribution >= 0.6 is 0 Å². The van der Waals surface area contributed by atoms with E-state index in [2.05, 4.69) is 16.3 Å². The number of halogens is 1. The van der Waals surface area contributed by atoms with Gasteiger partial charge in [-0.15, -0.1) is 0 Å². The summed E-state index contributed by atoms with van der Waals surface area (Å²) >= 11 is 0. The van der Waals surface area contributed by atoms with Gasteiger partial charge in [-0.1, -0.05) is 12.1 Å². The SMILES string of the molecule is CN1c2c(F)cccc2CC2CNCCC21. The van der Waals surface area contributed by atoms with Gasteiger partial charge >= 0.3 is 0 Å². The number of hydrogen-bond acceptors (Lipinski definition) is 2. The third kappa shape index (κ3) is 1.42. The Morgan fingerprint density at radius 1 is 1.44 bits per heavy atom. The minimum atomic E-state index is -0.0722. The Kier molecular flexibility index (Phi) is 2.36. The van der Waals surface area contributed by atoms with Gasteiger partial charge in [0.05, 0.1) is 5.69 Å². The molecule has 0 bridgehead atoms. The van der Waals surface area contributed by atoms with E-state index in [1.54, 1.807) is 6.07 Å². The normalized spacial score (nSPS) is 28.5. The summed E-state index contributed by atoms with van der Waals surface area (Å²) in [5, 5.41) is 3.43. The van der Waals surface area contributed by atoms with Crippen molar-refractivity contribution in [1.82, 2.24) is 5.32 Å². The minimum Gasteiger partial charge on any atom is -0.369 e. The monoisotopic (exact) mass is 220 g/mol. The van der Waals surface area contributed by atoms with Gasteiger partial charge in [0.2, 0.25) is 0 Å². The molecule has 2 unspecified atom stereocenters. The van der Waals surface area contributed by atoms with Crippen LogP contribution in [0.2, 0.25) is 0 Å². The van der Waals surface area contributed by atoms with Gasteiger partial charge in [0.15, 0.2) is 0 Å². The summed E-state index contributed by atoms with van der Waals surface area (Å²) in [7, 11) is 2.03. The van der Waals surface area contributed by atoms with Gasteiger partial charge in [-0.25, -0.2) is 4.39 Å². The number of rotatable bonds is 0. The lowest BCUT2D eigenvalue weighted by Gasteiger charge is -2.44. The van der Waals surface area contributed by atoms with E-state index in [0.29, 0.717) is 12.0 Å². The number of benzene rings is 1. The molecule has 86 valence electrons. The fraction of sp³-hybridized carbons (Fsp3) is 0.538. The van der Waals surface area contributed by atoms with Gasteiger partial charge in [-0.2, -0.15) is 0 Å². The summed E-state index contributed by atoms with van der Waals surface area (Å²) < 4.78 is 13.8. The highest BCUT2D eigenvalue weighted by Gasteiger charge is 2.35. The lowest BCUT2D eigenvalue weighted by atomic mass is 9.82. The van der Waals surface area contributed by atoms with Crippen molar-refractivity contribution >= 4 is 5.69 Å². The standard InChI is InChI=1S/C13H17FN2/c1-16-12-5-6-15-8-10(12)7-9-3-2-4-11(14)13(9)16/h2-4,10,12,15H,5-8H2,1H3. The Bertz CT molecular complexity index is 405. The molecule has 1 fully saturated rings. The first-order valence-corrected chi connectivity index (χ1v) is 5.98. The molecule has 0 aromatic heterocycles. The molecular formula is C13H17FN2. The van der Waals surface area contributed by atoms with Crippen LogP contribution in [0.25, 0.3) is 0 Å². The molecule has 2 aliphatic rings. The zero-order valence-electron chi connectivity index (χ0n) is 9.54. The minimum absolute atomic E-state index is 0.0722. The zero-order chi connectivity index (χ0) is 11.1. The highest BCUT2D eigenvalue weighted by atomic mass is 19.1. The molecule has 2 heterocycles. The molecule has 0 aliphatic carbocycles. The van der Waals surface area contributed by atoms with Crippen LogP contribution in [0.15, 0.2) is 18.2 Å². The Hall–Kier alpha value is -1.09. The summed E-state index contributed by atoms with van der Waals surface area (Å²) in [6.45, 7) is 2.11. The molecule has 0 saturated carbocycles. The van der Waals surface area contributed by atoms with E-state index in [1.165, 1.54) is 0 Å². The topological polar surface area (TPSA) is 15.3 Å². The van der Waals surface area contributed by atoms with Gasteiger partial charge in [0.1, 0.15) is 5.82 Å². The predicted molar refractivity (Wildman–Crippen MR) is 63.3 cm³/mol. The number of fused-ring (bicyclic) bond motifs is 2. The van der Waals surface area contributed by atoms with Crippen molar-refractivity contribution in [1.29, 1.82) is 0 Å². The highest BCUT2D eigenvalue weighted by Crippen LogP contribution is 2.36. The van der Waals surface area contributed by atoms with Gasteiger partial charge < -0.3 is 10.2 Å². The third-order valence-corrected chi connectivity index (χ3v) is 3.97.